The maximum Gasteiger partial charge on any atom is 0.267 e. The van der Waals surface area contributed by atoms with Gasteiger partial charge in [0.05, 0.1) is 23.3 Å². The van der Waals surface area contributed by atoms with Gasteiger partial charge in [-0.25, -0.2) is 9.37 Å². The highest BCUT2D eigenvalue weighted by Crippen LogP contribution is 2.31. The van der Waals surface area contributed by atoms with E-state index < -0.39 is 17.2 Å². The first-order chi connectivity index (χ1) is 15.6. The molecule has 5 rings (SSSR count). The van der Waals surface area contributed by atoms with E-state index in [9.17, 15) is 14.0 Å². The summed E-state index contributed by atoms with van der Waals surface area (Å²) in [5.41, 5.74) is 0.143. The van der Waals surface area contributed by atoms with E-state index in [2.05, 4.69) is 9.88 Å². The summed E-state index contributed by atoms with van der Waals surface area (Å²) < 4.78 is 25.8. The van der Waals surface area contributed by atoms with Gasteiger partial charge in [0.2, 0.25) is 5.43 Å². The Morgan fingerprint density at radius 3 is 2.78 bits per heavy atom. The lowest BCUT2D eigenvalue weighted by molar-refractivity contribution is 0.0391. The highest BCUT2D eigenvalue weighted by Gasteiger charge is 2.26. The standard InChI is InChI=1S/C23H20FN3O4S/c24-17-5-3-7-19-20(17)25-23(32-19)27(9-8-26-10-12-30-13-11-26)22(29)16-14-31-18-6-2-1-4-15(18)21(16)28/h1-7,14H,8-13H2. The van der Waals surface area contributed by atoms with Gasteiger partial charge in [-0.05, 0) is 24.3 Å². The Morgan fingerprint density at radius 1 is 1.16 bits per heavy atom. The smallest absolute Gasteiger partial charge is 0.267 e. The molecule has 7 nitrogen and oxygen atoms in total. The van der Waals surface area contributed by atoms with Crippen molar-refractivity contribution in [3.05, 3.63) is 70.3 Å². The maximum absolute atomic E-state index is 14.3. The van der Waals surface area contributed by atoms with Crippen LogP contribution in [-0.4, -0.2) is 55.2 Å². The van der Waals surface area contributed by atoms with Crippen molar-refractivity contribution in [2.45, 2.75) is 0 Å². The van der Waals surface area contributed by atoms with Gasteiger partial charge in [0.25, 0.3) is 5.91 Å². The Kier molecular flexibility index (Phi) is 5.69. The number of fused-ring (bicyclic) bond motifs is 2. The monoisotopic (exact) mass is 453 g/mol. The van der Waals surface area contributed by atoms with Crippen LogP contribution in [0.1, 0.15) is 10.4 Å². The van der Waals surface area contributed by atoms with Crippen molar-refractivity contribution in [2.24, 2.45) is 0 Å². The average Bonchev–Trinajstić information content (AvgIpc) is 3.25. The molecule has 3 heterocycles. The molecular formula is C23H20FN3O4S. The molecule has 0 bridgehead atoms. The van der Waals surface area contributed by atoms with Crippen molar-refractivity contribution in [3.63, 3.8) is 0 Å². The molecule has 0 radical (unpaired) electrons. The summed E-state index contributed by atoms with van der Waals surface area (Å²) in [6, 6.07) is 11.5. The van der Waals surface area contributed by atoms with E-state index in [0.29, 0.717) is 47.1 Å². The minimum atomic E-state index is -0.516. The number of thiazole rings is 1. The molecule has 1 fully saturated rings. The first kappa shape index (κ1) is 20.7. The summed E-state index contributed by atoms with van der Waals surface area (Å²) >= 11 is 1.22. The number of anilines is 1. The third-order valence-corrected chi connectivity index (χ3v) is 6.53. The summed E-state index contributed by atoms with van der Waals surface area (Å²) in [4.78, 5) is 34.6. The fourth-order valence-electron chi connectivity index (χ4n) is 3.74. The maximum atomic E-state index is 14.3. The lowest BCUT2D eigenvalue weighted by Gasteiger charge is -2.29. The number of halogens is 1. The second-order valence-electron chi connectivity index (χ2n) is 7.47. The molecular weight excluding hydrogens is 433 g/mol. The zero-order valence-electron chi connectivity index (χ0n) is 17.1. The molecule has 1 amide bonds. The van der Waals surface area contributed by atoms with E-state index in [1.807, 2.05) is 0 Å². The zero-order valence-corrected chi connectivity index (χ0v) is 17.9. The van der Waals surface area contributed by atoms with E-state index in [1.54, 1.807) is 36.4 Å². The predicted octanol–water partition coefficient (Wildman–Crippen LogP) is 3.52. The Morgan fingerprint density at radius 2 is 1.97 bits per heavy atom. The quantitative estimate of drug-likeness (QED) is 0.460. The number of aromatic nitrogens is 1. The number of nitrogens with zero attached hydrogens (tertiary/aromatic N) is 3. The summed E-state index contributed by atoms with van der Waals surface area (Å²) in [6.45, 7) is 3.66. The third-order valence-electron chi connectivity index (χ3n) is 5.49. The Balaban J connectivity index is 1.53. The van der Waals surface area contributed by atoms with Crippen molar-refractivity contribution in [2.75, 3.05) is 44.3 Å². The second kappa shape index (κ2) is 8.78. The number of carbonyl (C=O) groups excluding carboxylic acids is 1. The van der Waals surface area contributed by atoms with Crippen molar-refractivity contribution in [3.8, 4) is 0 Å². The van der Waals surface area contributed by atoms with Gasteiger partial charge in [-0.15, -0.1) is 0 Å². The number of carbonyl (C=O) groups is 1. The molecule has 2 aromatic carbocycles. The van der Waals surface area contributed by atoms with E-state index >= 15 is 0 Å². The van der Waals surface area contributed by atoms with Crippen LogP contribution in [0.2, 0.25) is 0 Å². The summed E-state index contributed by atoms with van der Waals surface area (Å²) in [6.07, 6.45) is 1.20. The lowest BCUT2D eigenvalue weighted by atomic mass is 10.1. The molecule has 1 aliphatic heterocycles. The fourth-order valence-corrected chi connectivity index (χ4v) is 4.74. The molecule has 0 saturated carbocycles. The minimum absolute atomic E-state index is 0.0783. The van der Waals surface area contributed by atoms with Crippen molar-refractivity contribution >= 4 is 43.6 Å². The van der Waals surface area contributed by atoms with Gasteiger partial charge in [0.1, 0.15) is 28.7 Å². The summed E-state index contributed by atoms with van der Waals surface area (Å²) in [5.74, 6) is -0.965. The number of para-hydroxylation sites is 2. The van der Waals surface area contributed by atoms with E-state index in [4.69, 9.17) is 9.15 Å². The highest BCUT2D eigenvalue weighted by atomic mass is 32.1. The number of hydrogen-bond donors (Lipinski definition) is 0. The molecule has 0 aliphatic carbocycles. The molecule has 2 aromatic heterocycles. The van der Waals surface area contributed by atoms with Crippen molar-refractivity contribution in [1.29, 1.82) is 0 Å². The van der Waals surface area contributed by atoms with Gasteiger partial charge in [-0.3, -0.25) is 19.4 Å². The van der Waals surface area contributed by atoms with Crippen LogP contribution in [0.15, 0.2) is 57.9 Å². The van der Waals surface area contributed by atoms with Gasteiger partial charge in [-0.2, -0.15) is 0 Å². The number of hydrogen-bond acceptors (Lipinski definition) is 7. The molecule has 164 valence electrons. The van der Waals surface area contributed by atoms with Gasteiger partial charge in [0, 0.05) is 26.2 Å². The number of amides is 1. The third kappa shape index (κ3) is 3.90. The molecule has 1 aliphatic rings. The number of morpholine rings is 1. The summed E-state index contributed by atoms with van der Waals surface area (Å²) in [5, 5.41) is 0.678. The van der Waals surface area contributed by atoms with Gasteiger partial charge in [-0.1, -0.05) is 29.5 Å². The summed E-state index contributed by atoms with van der Waals surface area (Å²) in [7, 11) is 0. The Hall–Kier alpha value is -3.14. The van der Waals surface area contributed by atoms with Crippen LogP contribution in [0.25, 0.3) is 21.2 Å². The van der Waals surface area contributed by atoms with Crippen LogP contribution >= 0.6 is 11.3 Å². The lowest BCUT2D eigenvalue weighted by Crippen LogP contribution is -2.44. The van der Waals surface area contributed by atoms with Crippen molar-refractivity contribution < 1.29 is 18.3 Å². The molecule has 9 heteroatoms. The highest BCUT2D eigenvalue weighted by molar-refractivity contribution is 7.22. The zero-order chi connectivity index (χ0) is 22.1. The molecule has 32 heavy (non-hydrogen) atoms. The average molecular weight is 453 g/mol. The van der Waals surface area contributed by atoms with E-state index in [1.165, 1.54) is 28.6 Å². The molecule has 0 N–H and O–H groups in total. The fraction of sp³-hybridized carbons (Fsp3) is 0.261. The number of benzene rings is 2. The SMILES string of the molecule is O=C(c1coc2ccccc2c1=O)N(CCN1CCOCC1)c1nc2c(F)cccc2s1. The number of ether oxygens (including phenoxy) is 1. The van der Waals surface area contributed by atoms with Gasteiger partial charge in [0.15, 0.2) is 5.13 Å². The van der Waals surface area contributed by atoms with E-state index in [0.717, 1.165) is 13.1 Å². The Labute approximate surface area is 186 Å². The Bertz CT molecular complexity index is 1350. The molecule has 4 aromatic rings. The van der Waals surface area contributed by atoms with Crippen LogP contribution in [0.5, 0.6) is 0 Å². The second-order valence-corrected chi connectivity index (χ2v) is 8.48. The van der Waals surface area contributed by atoms with Crippen LogP contribution in [0.3, 0.4) is 0 Å². The van der Waals surface area contributed by atoms with Crippen LogP contribution < -0.4 is 10.3 Å². The van der Waals surface area contributed by atoms with Crippen LogP contribution in [0, 0.1) is 5.82 Å². The minimum Gasteiger partial charge on any atom is -0.463 e. The molecule has 0 unspecified atom stereocenters. The molecule has 1 saturated heterocycles. The van der Waals surface area contributed by atoms with Crippen LogP contribution in [-0.2, 0) is 4.74 Å². The van der Waals surface area contributed by atoms with Crippen LogP contribution in [0.4, 0.5) is 9.52 Å². The molecule has 0 spiro atoms. The van der Waals surface area contributed by atoms with E-state index in [-0.39, 0.29) is 11.1 Å². The largest absolute Gasteiger partial charge is 0.463 e. The normalized spacial score (nSPS) is 14.8. The topological polar surface area (TPSA) is 75.9 Å². The first-order valence-corrected chi connectivity index (χ1v) is 11.1. The van der Waals surface area contributed by atoms with Gasteiger partial charge >= 0.3 is 0 Å². The van der Waals surface area contributed by atoms with Crippen molar-refractivity contribution in [1.82, 2.24) is 9.88 Å². The predicted molar refractivity (Wildman–Crippen MR) is 121 cm³/mol. The first-order valence-electron chi connectivity index (χ1n) is 10.3. The number of rotatable bonds is 5. The van der Waals surface area contributed by atoms with Gasteiger partial charge < -0.3 is 9.15 Å². The molecule has 0 atom stereocenters.